The molecule has 2 aromatic carbocycles. The summed E-state index contributed by atoms with van der Waals surface area (Å²) in [6.45, 7) is 0. The summed E-state index contributed by atoms with van der Waals surface area (Å²) in [5, 5.41) is 0.939. The number of benzene rings is 2. The van der Waals surface area contributed by atoms with Gasteiger partial charge in [0.2, 0.25) is 5.75 Å². The third kappa shape index (κ3) is 3.16. The molecular weight excluding hydrogens is 330 g/mol. The maximum Gasteiger partial charge on any atom is 0.203 e. The zero-order valence-corrected chi connectivity index (χ0v) is 15.3. The highest BCUT2D eigenvalue weighted by atomic mass is 16.5. The van der Waals surface area contributed by atoms with E-state index < -0.39 is 0 Å². The monoisotopic (exact) mass is 351 g/mol. The molecule has 0 saturated heterocycles. The van der Waals surface area contributed by atoms with E-state index in [0.29, 0.717) is 22.8 Å². The molecule has 0 radical (unpaired) electrons. The molecule has 0 unspecified atom stereocenters. The standard InChI is InChI=1S/C21H21NO4/c1-22-13-16(15-7-5-6-8-17(15)22)18(23)10-9-14-11-19(24-2)21(26-4)20(12-14)25-3/h5-13H,1-4H3/b10-9+. The van der Waals surface area contributed by atoms with Crippen molar-refractivity contribution < 1.29 is 19.0 Å². The number of methoxy groups -OCH3 is 3. The molecule has 0 aliphatic heterocycles. The van der Waals surface area contributed by atoms with Gasteiger partial charge in [-0.2, -0.15) is 0 Å². The van der Waals surface area contributed by atoms with E-state index in [4.69, 9.17) is 14.2 Å². The number of carbonyl (C=O) groups is 1. The molecule has 5 heteroatoms. The van der Waals surface area contributed by atoms with Gasteiger partial charge in [-0.3, -0.25) is 4.79 Å². The Kier molecular flexibility index (Phi) is 4.98. The van der Waals surface area contributed by atoms with E-state index in [1.807, 2.05) is 42.1 Å². The van der Waals surface area contributed by atoms with E-state index in [1.165, 1.54) is 0 Å². The van der Waals surface area contributed by atoms with Crippen LogP contribution in [-0.2, 0) is 7.05 Å². The lowest BCUT2D eigenvalue weighted by Gasteiger charge is -2.12. The Balaban J connectivity index is 1.95. The normalized spacial score (nSPS) is 11.1. The van der Waals surface area contributed by atoms with Crippen LogP contribution in [0.25, 0.3) is 17.0 Å². The predicted octanol–water partition coefficient (Wildman–Crippen LogP) is 4.10. The maximum absolute atomic E-state index is 12.7. The van der Waals surface area contributed by atoms with E-state index in [2.05, 4.69) is 0 Å². The first-order valence-electron chi connectivity index (χ1n) is 8.15. The molecule has 0 saturated carbocycles. The predicted molar refractivity (Wildman–Crippen MR) is 102 cm³/mol. The molecule has 0 aliphatic carbocycles. The van der Waals surface area contributed by atoms with Crippen molar-refractivity contribution in [2.24, 2.45) is 7.05 Å². The fourth-order valence-electron chi connectivity index (χ4n) is 3.00. The minimum Gasteiger partial charge on any atom is -0.493 e. The molecule has 134 valence electrons. The zero-order valence-electron chi connectivity index (χ0n) is 15.3. The highest BCUT2D eigenvalue weighted by Gasteiger charge is 2.13. The number of ether oxygens (including phenoxy) is 3. The van der Waals surface area contributed by atoms with E-state index in [0.717, 1.165) is 16.5 Å². The lowest BCUT2D eigenvalue weighted by molar-refractivity contribution is 0.104. The van der Waals surface area contributed by atoms with Crippen LogP contribution >= 0.6 is 0 Å². The number of rotatable bonds is 6. The van der Waals surface area contributed by atoms with Crippen molar-refractivity contribution in [1.82, 2.24) is 4.57 Å². The van der Waals surface area contributed by atoms with Crippen LogP contribution in [0.3, 0.4) is 0 Å². The smallest absolute Gasteiger partial charge is 0.203 e. The highest BCUT2D eigenvalue weighted by Crippen LogP contribution is 2.38. The summed E-state index contributed by atoms with van der Waals surface area (Å²) in [5.41, 5.74) is 2.48. The SMILES string of the molecule is COc1cc(/C=C/C(=O)c2cn(C)c3ccccc23)cc(OC)c1OC. The average Bonchev–Trinajstić information content (AvgIpc) is 3.02. The molecule has 5 nitrogen and oxygen atoms in total. The summed E-state index contributed by atoms with van der Waals surface area (Å²) in [6, 6.07) is 11.4. The Morgan fingerprint density at radius 3 is 2.27 bits per heavy atom. The van der Waals surface area contributed by atoms with Crippen molar-refractivity contribution in [1.29, 1.82) is 0 Å². The third-order valence-electron chi connectivity index (χ3n) is 4.28. The van der Waals surface area contributed by atoms with Gasteiger partial charge in [0.05, 0.1) is 21.3 Å². The second-order valence-corrected chi connectivity index (χ2v) is 5.83. The number of hydrogen-bond acceptors (Lipinski definition) is 4. The first-order valence-corrected chi connectivity index (χ1v) is 8.15. The summed E-state index contributed by atoms with van der Waals surface area (Å²) >= 11 is 0. The lowest BCUT2D eigenvalue weighted by Crippen LogP contribution is -1.96. The highest BCUT2D eigenvalue weighted by molar-refractivity contribution is 6.14. The first kappa shape index (κ1) is 17.6. The number of nitrogens with zero attached hydrogens (tertiary/aromatic N) is 1. The molecule has 0 amide bonds. The summed E-state index contributed by atoms with van der Waals surface area (Å²) in [5.74, 6) is 1.55. The molecule has 0 atom stereocenters. The van der Waals surface area contributed by atoms with Crippen molar-refractivity contribution in [2.75, 3.05) is 21.3 Å². The Morgan fingerprint density at radius 2 is 1.65 bits per heavy atom. The van der Waals surface area contributed by atoms with Crippen molar-refractivity contribution in [3.8, 4) is 17.2 Å². The van der Waals surface area contributed by atoms with Crippen LogP contribution in [0.5, 0.6) is 17.2 Å². The average molecular weight is 351 g/mol. The van der Waals surface area contributed by atoms with Gasteiger partial charge in [-0.15, -0.1) is 0 Å². The van der Waals surface area contributed by atoms with E-state index >= 15 is 0 Å². The van der Waals surface area contributed by atoms with Crippen LogP contribution < -0.4 is 14.2 Å². The fourth-order valence-corrected chi connectivity index (χ4v) is 3.00. The van der Waals surface area contributed by atoms with Gasteiger partial charge in [-0.05, 0) is 29.8 Å². The molecule has 1 heterocycles. The second kappa shape index (κ2) is 7.35. The van der Waals surface area contributed by atoms with E-state index in [1.54, 1.807) is 45.6 Å². The number of aromatic nitrogens is 1. The molecule has 3 aromatic rings. The largest absolute Gasteiger partial charge is 0.493 e. The molecule has 3 rings (SSSR count). The van der Waals surface area contributed by atoms with Gasteiger partial charge < -0.3 is 18.8 Å². The van der Waals surface area contributed by atoms with Gasteiger partial charge in [-0.1, -0.05) is 24.3 Å². The number of para-hydroxylation sites is 1. The third-order valence-corrected chi connectivity index (χ3v) is 4.28. The van der Waals surface area contributed by atoms with Gasteiger partial charge in [0.15, 0.2) is 17.3 Å². The fraction of sp³-hybridized carbons (Fsp3) is 0.190. The van der Waals surface area contributed by atoms with Crippen molar-refractivity contribution in [2.45, 2.75) is 0 Å². The van der Waals surface area contributed by atoms with Crippen LogP contribution in [0.4, 0.5) is 0 Å². The Labute approximate surface area is 152 Å². The minimum absolute atomic E-state index is 0.0597. The van der Waals surface area contributed by atoms with Crippen LogP contribution in [0.2, 0.25) is 0 Å². The van der Waals surface area contributed by atoms with Crippen molar-refractivity contribution >= 4 is 22.8 Å². The lowest BCUT2D eigenvalue weighted by atomic mass is 10.1. The number of fused-ring (bicyclic) bond motifs is 1. The molecule has 0 spiro atoms. The van der Waals surface area contributed by atoms with Crippen molar-refractivity contribution in [3.05, 3.63) is 59.8 Å². The number of allylic oxidation sites excluding steroid dienone is 1. The number of ketones is 1. The van der Waals surface area contributed by atoms with Gasteiger partial charge in [-0.25, -0.2) is 0 Å². The summed E-state index contributed by atoms with van der Waals surface area (Å²) in [4.78, 5) is 12.7. The van der Waals surface area contributed by atoms with Crippen LogP contribution in [-0.4, -0.2) is 31.7 Å². The summed E-state index contributed by atoms with van der Waals surface area (Å²) in [6.07, 6.45) is 5.16. The molecule has 0 fully saturated rings. The molecule has 0 bridgehead atoms. The van der Waals surface area contributed by atoms with Gasteiger partial charge in [0, 0.05) is 29.7 Å². The first-order chi connectivity index (χ1) is 12.6. The van der Waals surface area contributed by atoms with Crippen LogP contribution in [0, 0.1) is 0 Å². The number of carbonyl (C=O) groups excluding carboxylic acids is 1. The number of hydrogen-bond donors (Lipinski definition) is 0. The quantitative estimate of drug-likeness (QED) is 0.496. The van der Waals surface area contributed by atoms with Gasteiger partial charge in [0.25, 0.3) is 0 Å². The number of aryl methyl sites for hydroxylation is 1. The Hall–Kier alpha value is -3.21. The van der Waals surface area contributed by atoms with Crippen molar-refractivity contribution in [3.63, 3.8) is 0 Å². The molecule has 26 heavy (non-hydrogen) atoms. The topological polar surface area (TPSA) is 49.7 Å². The molecule has 1 aromatic heterocycles. The van der Waals surface area contributed by atoms with E-state index in [9.17, 15) is 4.79 Å². The molecule has 0 aliphatic rings. The summed E-state index contributed by atoms with van der Waals surface area (Å²) in [7, 11) is 6.61. The van der Waals surface area contributed by atoms with Gasteiger partial charge >= 0.3 is 0 Å². The molecule has 0 N–H and O–H groups in total. The summed E-state index contributed by atoms with van der Waals surface area (Å²) < 4.78 is 18.0. The Bertz CT molecular complexity index is 960. The van der Waals surface area contributed by atoms with Crippen LogP contribution in [0.15, 0.2) is 48.7 Å². The Morgan fingerprint density at radius 1 is 1.00 bits per heavy atom. The molecular formula is C21H21NO4. The van der Waals surface area contributed by atoms with Crippen LogP contribution in [0.1, 0.15) is 15.9 Å². The minimum atomic E-state index is -0.0597. The second-order valence-electron chi connectivity index (χ2n) is 5.83. The van der Waals surface area contributed by atoms with E-state index in [-0.39, 0.29) is 5.78 Å². The van der Waals surface area contributed by atoms with Gasteiger partial charge in [0.1, 0.15) is 0 Å². The maximum atomic E-state index is 12.7. The zero-order chi connectivity index (χ0) is 18.7.